The van der Waals surface area contributed by atoms with E-state index in [4.69, 9.17) is 22.1 Å². The van der Waals surface area contributed by atoms with Gasteiger partial charge in [0.05, 0.1) is 7.11 Å². The summed E-state index contributed by atoms with van der Waals surface area (Å²) < 4.78 is 4.70. The van der Waals surface area contributed by atoms with E-state index in [1.807, 2.05) is 48.5 Å². The van der Waals surface area contributed by atoms with E-state index >= 15 is 0 Å². The Morgan fingerprint density at radius 1 is 1.19 bits per heavy atom. The first-order valence-corrected chi connectivity index (χ1v) is 7.17. The maximum Gasteiger partial charge on any atom is 0.327 e. The molecule has 0 fully saturated rings. The maximum absolute atomic E-state index is 11.6. The Labute approximate surface area is 139 Å². The first kappa shape index (κ1) is 17.9. The highest BCUT2D eigenvalue weighted by molar-refractivity contribution is 7.99. The molecule has 0 radical (unpaired) electrons. The number of hydrogen-bond donors (Lipinski definition) is 1. The summed E-state index contributed by atoms with van der Waals surface area (Å²) in [4.78, 5) is 13.5. The van der Waals surface area contributed by atoms with Gasteiger partial charge in [0.2, 0.25) is 0 Å². The molecule has 0 unspecified atom stereocenters. The van der Waals surface area contributed by atoms with Gasteiger partial charge in [-0.3, -0.25) is 4.79 Å². The summed E-state index contributed by atoms with van der Waals surface area (Å²) in [5.74, 6) is -0.450. The molecular weight excluding hydrogens is 329 g/mol. The fourth-order valence-corrected chi connectivity index (χ4v) is 2.83. The van der Waals surface area contributed by atoms with E-state index in [0.29, 0.717) is 5.02 Å². The number of methoxy groups -OCH3 is 1. The standard InChI is InChI=1S/C15H14ClNO2S.ClH/c1-19-15(18)14(17)12-4-2-3-5-13(12)20-11-8-6-10(16)7-9-11;/h2-9,14H,17H2,1H3;1H/t14-;/m1./s1. The van der Waals surface area contributed by atoms with Gasteiger partial charge >= 0.3 is 5.97 Å². The summed E-state index contributed by atoms with van der Waals surface area (Å²) in [7, 11) is 1.33. The molecule has 2 aromatic carbocycles. The summed E-state index contributed by atoms with van der Waals surface area (Å²) in [5, 5.41) is 0.689. The molecule has 6 heteroatoms. The van der Waals surface area contributed by atoms with E-state index in [1.54, 1.807) is 0 Å². The summed E-state index contributed by atoms with van der Waals surface area (Å²) in [6, 6.07) is 14.2. The van der Waals surface area contributed by atoms with Crippen LogP contribution in [0.1, 0.15) is 11.6 Å². The molecular formula is C15H15Cl2NO2S. The van der Waals surface area contributed by atoms with E-state index in [9.17, 15) is 4.79 Å². The van der Waals surface area contributed by atoms with Crippen LogP contribution < -0.4 is 5.73 Å². The smallest absolute Gasteiger partial charge is 0.327 e. The van der Waals surface area contributed by atoms with Crippen LogP contribution in [0.25, 0.3) is 0 Å². The van der Waals surface area contributed by atoms with Crippen LogP contribution in [0.3, 0.4) is 0 Å². The van der Waals surface area contributed by atoms with Crippen molar-refractivity contribution in [1.82, 2.24) is 0 Å². The second-order valence-corrected chi connectivity index (χ2v) is 5.65. The Morgan fingerprint density at radius 2 is 1.81 bits per heavy atom. The molecule has 0 bridgehead atoms. The number of hydrogen-bond acceptors (Lipinski definition) is 4. The van der Waals surface area contributed by atoms with Crippen LogP contribution >= 0.6 is 35.8 Å². The second kappa shape index (κ2) is 8.29. The minimum absolute atomic E-state index is 0. The van der Waals surface area contributed by atoms with Crippen LogP contribution in [0.15, 0.2) is 58.3 Å². The van der Waals surface area contributed by atoms with E-state index < -0.39 is 12.0 Å². The van der Waals surface area contributed by atoms with E-state index in [1.165, 1.54) is 18.9 Å². The van der Waals surface area contributed by atoms with Crippen LogP contribution in [0.5, 0.6) is 0 Å². The zero-order valence-corrected chi connectivity index (χ0v) is 13.7. The molecule has 0 saturated carbocycles. The van der Waals surface area contributed by atoms with Crippen LogP contribution in [0.4, 0.5) is 0 Å². The molecule has 112 valence electrons. The quantitative estimate of drug-likeness (QED) is 0.849. The minimum atomic E-state index is -0.781. The van der Waals surface area contributed by atoms with Crippen LogP contribution in [0, 0.1) is 0 Å². The Kier molecular flexibility index (Phi) is 7.05. The van der Waals surface area contributed by atoms with Crippen molar-refractivity contribution in [2.75, 3.05) is 7.11 Å². The van der Waals surface area contributed by atoms with Gasteiger partial charge in [-0.1, -0.05) is 41.6 Å². The molecule has 0 aliphatic rings. The van der Waals surface area contributed by atoms with Crippen molar-refractivity contribution >= 4 is 41.7 Å². The summed E-state index contributed by atoms with van der Waals surface area (Å²) in [6.07, 6.45) is 0. The van der Waals surface area contributed by atoms with Gasteiger partial charge < -0.3 is 10.5 Å². The predicted octanol–water partition coefficient (Wildman–Crippen LogP) is 4.09. The third-order valence-electron chi connectivity index (χ3n) is 2.75. The zero-order valence-electron chi connectivity index (χ0n) is 11.3. The summed E-state index contributed by atoms with van der Waals surface area (Å²) in [5.41, 5.74) is 6.67. The minimum Gasteiger partial charge on any atom is -0.468 e. The van der Waals surface area contributed by atoms with Gasteiger partial charge in [0, 0.05) is 14.8 Å². The molecule has 0 aliphatic carbocycles. The largest absolute Gasteiger partial charge is 0.468 e. The first-order valence-electron chi connectivity index (χ1n) is 5.97. The number of benzene rings is 2. The lowest BCUT2D eigenvalue weighted by atomic mass is 10.1. The Bertz CT molecular complexity index is 605. The Morgan fingerprint density at radius 3 is 2.43 bits per heavy atom. The fraction of sp³-hybridized carbons (Fsp3) is 0.133. The van der Waals surface area contributed by atoms with Crippen LogP contribution in [0.2, 0.25) is 5.02 Å². The topological polar surface area (TPSA) is 52.3 Å². The van der Waals surface area contributed by atoms with Crippen molar-refractivity contribution in [2.24, 2.45) is 5.73 Å². The molecule has 1 atom stereocenters. The van der Waals surface area contributed by atoms with Crippen molar-refractivity contribution < 1.29 is 9.53 Å². The van der Waals surface area contributed by atoms with Gasteiger partial charge in [0.25, 0.3) is 0 Å². The Balaban J connectivity index is 0.00000220. The third-order valence-corrected chi connectivity index (χ3v) is 4.10. The average molecular weight is 344 g/mol. The van der Waals surface area contributed by atoms with Crippen molar-refractivity contribution in [3.8, 4) is 0 Å². The number of carbonyl (C=O) groups excluding carboxylic acids is 1. The summed E-state index contributed by atoms with van der Waals surface area (Å²) in [6.45, 7) is 0. The van der Waals surface area contributed by atoms with Crippen molar-refractivity contribution in [1.29, 1.82) is 0 Å². The summed E-state index contributed by atoms with van der Waals surface area (Å²) >= 11 is 7.40. The van der Waals surface area contributed by atoms with E-state index in [-0.39, 0.29) is 12.4 Å². The van der Waals surface area contributed by atoms with Crippen molar-refractivity contribution in [3.05, 3.63) is 59.1 Å². The lowest BCUT2D eigenvalue weighted by molar-refractivity contribution is -0.142. The van der Waals surface area contributed by atoms with Gasteiger partial charge in [0.15, 0.2) is 0 Å². The maximum atomic E-state index is 11.6. The zero-order chi connectivity index (χ0) is 14.5. The first-order chi connectivity index (χ1) is 9.61. The van der Waals surface area contributed by atoms with Gasteiger partial charge in [0.1, 0.15) is 6.04 Å². The number of esters is 1. The van der Waals surface area contributed by atoms with Crippen molar-refractivity contribution in [3.63, 3.8) is 0 Å². The molecule has 0 heterocycles. The van der Waals surface area contributed by atoms with E-state index in [2.05, 4.69) is 0 Å². The van der Waals surface area contributed by atoms with Gasteiger partial charge in [-0.05, 0) is 35.9 Å². The highest BCUT2D eigenvalue weighted by Crippen LogP contribution is 2.33. The highest BCUT2D eigenvalue weighted by Gasteiger charge is 2.19. The lowest BCUT2D eigenvalue weighted by Crippen LogP contribution is -2.23. The number of nitrogens with two attached hydrogens (primary N) is 1. The molecule has 21 heavy (non-hydrogen) atoms. The van der Waals surface area contributed by atoms with Gasteiger partial charge in [-0.25, -0.2) is 0 Å². The molecule has 0 amide bonds. The van der Waals surface area contributed by atoms with Crippen LogP contribution in [-0.4, -0.2) is 13.1 Å². The third kappa shape index (κ3) is 4.64. The normalized spacial score (nSPS) is 11.4. The molecule has 2 N–H and O–H groups in total. The highest BCUT2D eigenvalue weighted by atomic mass is 35.5. The molecule has 2 rings (SSSR count). The SMILES string of the molecule is COC(=O)[C@H](N)c1ccccc1Sc1ccc(Cl)cc1.Cl. The Hall–Kier alpha value is -1.20. The molecule has 0 aliphatic heterocycles. The van der Waals surface area contributed by atoms with E-state index in [0.717, 1.165) is 15.4 Å². The van der Waals surface area contributed by atoms with Crippen LogP contribution in [-0.2, 0) is 9.53 Å². The number of rotatable bonds is 4. The van der Waals surface area contributed by atoms with Gasteiger partial charge in [-0.15, -0.1) is 12.4 Å². The number of ether oxygens (including phenoxy) is 1. The fourth-order valence-electron chi connectivity index (χ4n) is 1.71. The molecule has 0 spiro atoms. The second-order valence-electron chi connectivity index (χ2n) is 4.09. The lowest BCUT2D eigenvalue weighted by Gasteiger charge is -2.14. The van der Waals surface area contributed by atoms with Crippen molar-refractivity contribution in [2.45, 2.75) is 15.8 Å². The monoisotopic (exact) mass is 343 g/mol. The number of halogens is 2. The number of carbonyl (C=O) groups is 1. The van der Waals surface area contributed by atoms with Gasteiger partial charge in [-0.2, -0.15) is 0 Å². The average Bonchev–Trinajstić information content (AvgIpc) is 2.48. The molecule has 0 aromatic heterocycles. The predicted molar refractivity (Wildman–Crippen MR) is 88.2 cm³/mol. The molecule has 2 aromatic rings. The molecule has 0 saturated heterocycles. The molecule has 3 nitrogen and oxygen atoms in total.